The van der Waals surface area contributed by atoms with E-state index in [4.69, 9.17) is 9.97 Å². The molecular formula is C22H24N6. The molecule has 0 amide bonds. The van der Waals surface area contributed by atoms with Gasteiger partial charge in [-0.2, -0.15) is 0 Å². The van der Waals surface area contributed by atoms with Crippen molar-refractivity contribution in [2.24, 2.45) is 0 Å². The van der Waals surface area contributed by atoms with Gasteiger partial charge in [-0.05, 0) is 44.9 Å². The number of nitrogens with zero attached hydrogens (tertiary/aromatic N) is 5. The van der Waals surface area contributed by atoms with Crippen molar-refractivity contribution in [2.45, 2.75) is 39.3 Å². The summed E-state index contributed by atoms with van der Waals surface area (Å²) in [7, 11) is 0. The highest BCUT2D eigenvalue weighted by molar-refractivity contribution is 5.85. The molecule has 1 unspecified atom stereocenters. The van der Waals surface area contributed by atoms with Gasteiger partial charge < -0.3 is 9.88 Å². The van der Waals surface area contributed by atoms with Gasteiger partial charge in [-0.1, -0.05) is 30.3 Å². The second-order valence-corrected chi connectivity index (χ2v) is 7.29. The van der Waals surface area contributed by atoms with Crippen LogP contribution < -0.4 is 5.32 Å². The van der Waals surface area contributed by atoms with E-state index < -0.39 is 0 Å². The van der Waals surface area contributed by atoms with Crippen LogP contribution in [0, 0.1) is 0 Å². The van der Waals surface area contributed by atoms with Gasteiger partial charge in [0.15, 0.2) is 17.3 Å². The Kier molecular flexibility index (Phi) is 5.02. The Morgan fingerprint density at radius 2 is 1.82 bits per heavy atom. The van der Waals surface area contributed by atoms with Crippen molar-refractivity contribution in [3.8, 4) is 11.4 Å². The predicted molar refractivity (Wildman–Crippen MR) is 112 cm³/mol. The number of pyridine rings is 1. The third-order valence-electron chi connectivity index (χ3n) is 4.67. The molecule has 0 saturated carbocycles. The van der Waals surface area contributed by atoms with Gasteiger partial charge in [0.1, 0.15) is 5.52 Å². The van der Waals surface area contributed by atoms with Gasteiger partial charge in [0.2, 0.25) is 0 Å². The largest absolute Gasteiger partial charge is 0.365 e. The number of hydrogen-bond acceptors (Lipinski definition) is 5. The zero-order chi connectivity index (χ0) is 19.5. The first-order valence-corrected chi connectivity index (χ1v) is 9.57. The van der Waals surface area contributed by atoms with Gasteiger partial charge >= 0.3 is 0 Å². The molecule has 4 rings (SSSR count). The average Bonchev–Trinajstić information content (AvgIpc) is 3.14. The highest BCUT2D eigenvalue weighted by Crippen LogP contribution is 2.26. The van der Waals surface area contributed by atoms with Crippen LogP contribution in [0.15, 0.2) is 61.2 Å². The van der Waals surface area contributed by atoms with Crippen molar-refractivity contribution in [2.75, 3.05) is 5.32 Å². The Balaban J connectivity index is 1.73. The summed E-state index contributed by atoms with van der Waals surface area (Å²) in [6.45, 7) is 6.40. The number of hydrogen-bond donors (Lipinski definition) is 1. The van der Waals surface area contributed by atoms with Crippen molar-refractivity contribution >= 4 is 17.0 Å². The summed E-state index contributed by atoms with van der Waals surface area (Å²) in [6.07, 6.45) is 6.28. The van der Waals surface area contributed by atoms with Gasteiger partial charge in [-0.25, -0.2) is 15.0 Å². The lowest BCUT2D eigenvalue weighted by Gasteiger charge is -2.16. The van der Waals surface area contributed by atoms with Crippen molar-refractivity contribution < 1.29 is 0 Å². The molecule has 0 radical (unpaired) electrons. The summed E-state index contributed by atoms with van der Waals surface area (Å²) in [6, 6.07) is 14.8. The Morgan fingerprint density at radius 1 is 1.00 bits per heavy atom. The molecule has 0 aliphatic rings. The summed E-state index contributed by atoms with van der Waals surface area (Å²) in [5.74, 6) is 1.41. The summed E-state index contributed by atoms with van der Waals surface area (Å²) in [5.41, 5.74) is 3.80. The molecule has 0 aliphatic heterocycles. The van der Waals surface area contributed by atoms with Crippen molar-refractivity contribution in [3.63, 3.8) is 0 Å². The highest BCUT2D eigenvalue weighted by atomic mass is 15.2. The summed E-state index contributed by atoms with van der Waals surface area (Å²) in [4.78, 5) is 18.4. The lowest BCUT2D eigenvalue weighted by Crippen LogP contribution is -2.19. The van der Waals surface area contributed by atoms with E-state index in [0.717, 1.165) is 29.0 Å². The van der Waals surface area contributed by atoms with Crippen LogP contribution in [-0.4, -0.2) is 30.5 Å². The maximum Gasteiger partial charge on any atom is 0.166 e. The SMILES string of the molecule is CC(Cc1ccccc1)Nc1nc(-c2cccnc2)nc2c1ncn2C(C)C. The molecule has 142 valence electrons. The van der Waals surface area contributed by atoms with Crippen LogP contribution in [0.1, 0.15) is 32.4 Å². The fraction of sp³-hybridized carbons (Fsp3) is 0.273. The molecule has 0 bridgehead atoms. The van der Waals surface area contributed by atoms with Crippen LogP contribution >= 0.6 is 0 Å². The maximum atomic E-state index is 4.79. The van der Waals surface area contributed by atoms with E-state index in [1.165, 1.54) is 5.56 Å². The van der Waals surface area contributed by atoms with E-state index in [1.54, 1.807) is 12.4 Å². The summed E-state index contributed by atoms with van der Waals surface area (Å²) >= 11 is 0. The quantitative estimate of drug-likeness (QED) is 0.539. The third-order valence-corrected chi connectivity index (χ3v) is 4.67. The number of imidazole rings is 1. The van der Waals surface area contributed by atoms with E-state index in [9.17, 15) is 0 Å². The van der Waals surface area contributed by atoms with E-state index >= 15 is 0 Å². The van der Waals surface area contributed by atoms with E-state index in [2.05, 4.69) is 64.9 Å². The number of anilines is 1. The topological polar surface area (TPSA) is 68.5 Å². The van der Waals surface area contributed by atoms with E-state index in [-0.39, 0.29) is 12.1 Å². The van der Waals surface area contributed by atoms with Crippen LogP contribution in [-0.2, 0) is 6.42 Å². The van der Waals surface area contributed by atoms with Crippen LogP contribution in [0.5, 0.6) is 0 Å². The molecule has 0 saturated heterocycles. The van der Waals surface area contributed by atoms with Crippen LogP contribution in [0.4, 0.5) is 5.82 Å². The fourth-order valence-electron chi connectivity index (χ4n) is 3.27. The number of benzene rings is 1. The minimum absolute atomic E-state index is 0.200. The molecule has 28 heavy (non-hydrogen) atoms. The average molecular weight is 372 g/mol. The monoisotopic (exact) mass is 372 g/mol. The van der Waals surface area contributed by atoms with Gasteiger partial charge in [0.05, 0.1) is 6.33 Å². The first-order valence-electron chi connectivity index (χ1n) is 9.57. The van der Waals surface area contributed by atoms with Crippen molar-refractivity contribution in [3.05, 3.63) is 66.7 Å². The first kappa shape index (κ1) is 18.1. The number of rotatable bonds is 6. The third kappa shape index (κ3) is 3.71. The van der Waals surface area contributed by atoms with Crippen molar-refractivity contribution in [1.82, 2.24) is 24.5 Å². The minimum atomic E-state index is 0.200. The summed E-state index contributed by atoms with van der Waals surface area (Å²) < 4.78 is 2.07. The minimum Gasteiger partial charge on any atom is -0.365 e. The molecule has 6 heteroatoms. The molecule has 1 atom stereocenters. The van der Waals surface area contributed by atoms with Crippen molar-refractivity contribution in [1.29, 1.82) is 0 Å². The number of aromatic nitrogens is 5. The van der Waals surface area contributed by atoms with Crippen LogP contribution in [0.3, 0.4) is 0 Å². The smallest absolute Gasteiger partial charge is 0.166 e. The second-order valence-electron chi connectivity index (χ2n) is 7.29. The van der Waals surface area contributed by atoms with Crippen LogP contribution in [0.25, 0.3) is 22.6 Å². The fourth-order valence-corrected chi connectivity index (χ4v) is 3.27. The zero-order valence-electron chi connectivity index (χ0n) is 16.4. The van der Waals surface area contributed by atoms with E-state index in [1.807, 2.05) is 24.5 Å². The Labute approximate surface area is 164 Å². The lowest BCUT2D eigenvalue weighted by molar-refractivity contribution is 0.613. The molecule has 0 spiro atoms. The summed E-state index contributed by atoms with van der Waals surface area (Å²) in [5, 5.41) is 3.55. The standard InChI is InChI=1S/C22H24N6/c1-15(2)28-14-24-19-21(25-16(3)12-17-8-5-4-6-9-17)26-20(27-22(19)28)18-10-7-11-23-13-18/h4-11,13-16H,12H2,1-3H3,(H,25,26,27). The Bertz CT molecular complexity index is 1060. The molecule has 3 aromatic heterocycles. The normalized spacial score (nSPS) is 12.4. The first-order chi connectivity index (χ1) is 13.6. The highest BCUT2D eigenvalue weighted by Gasteiger charge is 2.17. The van der Waals surface area contributed by atoms with Gasteiger partial charge in [0, 0.05) is 30.0 Å². The van der Waals surface area contributed by atoms with Crippen LogP contribution in [0.2, 0.25) is 0 Å². The molecule has 0 aliphatic carbocycles. The van der Waals surface area contributed by atoms with Gasteiger partial charge in [-0.3, -0.25) is 4.98 Å². The second kappa shape index (κ2) is 7.76. The lowest BCUT2D eigenvalue weighted by atomic mass is 10.1. The molecule has 0 fully saturated rings. The molecular weight excluding hydrogens is 348 g/mol. The van der Waals surface area contributed by atoms with Gasteiger partial charge in [-0.15, -0.1) is 0 Å². The number of nitrogens with one attached hydrogen (secondary N) is 1. The zero-order valence-corrected chi connectivity index (χ0v) is 16.4. The molecule has 6 nitrogen and oxygen atoms in total. The predicted octanol–water partition coefficient (Wildman–Crippen LogP) is 4.51. The van der Waals surface area contributed by atoms with Gasteiger partial charge in [0.25, 0.3) is 0 Å². The van der Waals surface area contributed by atoms with E-state index in [0.29, 0.717) is 5.82 Å². The molecule has 1 N–H and O–H groups in total. The molecule has 4 aromatic rings. The molecule has 3 heterocycles. The maximum absolute atomic E-state index is 4.79. The molecule has 1 aromatic carbocycles. The Morgan fingerprint density at radius 3 is 2.54 bits per heavy atom. The Hall–Kier alpha value is -3.28. The number of fused-ring (bicyclic) bond motifs is 1.